The van der Waals surface area contributed by atoms with Crippen LogP contribution in [0.15, 0.2) is 24.8 Å². The summed E-state index contributed by atoms with van der Waals surface area (Å²) in [6, 6.07) is 1.71. The van der Waals surface area contributed by atoms with Gasteiger partial charge in [-0.05, 0) is 0 Å². The van der Waals surface area contributed by atoms with Gasteiger partial charge in [0.1, 0.15) is 12.1 Å². The van der Waals surface area contributed by atoms with Crippen molar-refractivity contribution in [3.05, 3.63) is 30.4 Å². The molecule has 0 spiro atoms. The average molecular weight is 218 g/mol. The monoisotopic (exact) mass is 218 g/mol. The molecular formula is C9H10N6O. The van der Waals surface area contributed by atoms with Crippen LogP contribution >= 0.6 is 0 Å². The maximum absolute atomic E-state index is 10.9. The second kappa shape index (κ2) is 3.97. The van der Waals surface area contributed by atoms with Gasteiger partial charge in [-0.3, -0.25) is 4.79 Å². The van der Waals surface area contributed by atoms with Crippen LogP contribution in [-0.2, 0) is 0 Å². The Labute approximate surface area is 91.3 Å². The van der Waals surface area contributed by atoms with E-state index in [-0.39, 0.29) is 0 Å². The number of amides is 1. The van der Waals surface area contributed by atoms with Gasteiger partial charge in [-0.15, -0.1) is 0 Å². The summed E-state index contributed by atoms with van der Waals surface area (Å²) in [6.45, 7) is 0. The highest BCUT2D eigenvalue weighted by molar-refractivity contribution is 5.92. The maximum Gasteiger partial charge on any atom is 0.251 e. The summed E-state index contributed by atoms with van der Waals surface area (Å²) in [5, 5.41) is 6.86. The summed E-state index contributed by atoms with van der Waals surface area (Å²) in [4.78, 5) is 18.9. The topological polar surface area (TPSA) is 98.7 Å². The van der Waals surface area contributed by atoms with Crippen LogP contribution in [0.1, 0.15) is 10.4 Å². The van der Waals surface area contributed by atoms with E-state index >= 15 is 0 Å². The predicted octanol–water partition coefficient (Wildman–Crippen LogP) is -0.197. The molecule has 0 unspecified atom stereocenters. The van der Waals surface area contributed by atoms with Gasteiger partial charge in [0.05, 0.1) is 11.8 Å². The third-order valence-electron chi connectivity index (χ3n) is 2.01. The molecule has 0 bridgehead atoms. The minimum absolute atomic E-state index is 0.338. The Balaban J connectivity index is 2.38. The second-order valence-corrected chi connectivity index (χ2v) is 3.05. The standard InChI is InChI=1S/C9H10N6O/c1-11-7-2-8(13-5-12-7)15-4-6(3-14-15)9(10)16/h2-5H,1H3,(H2,10,16)(H,11,12,13). The lowest BCUT2D eigenvalue weighted by Gasteiger charge is -2.01. The number of aromatic nitrogens is 4. The minimum atomic E-state index is -0.519. The van der Waals surface area contributed by atoms with Crippen molar-refractivity contribution in [2.75, 3.05) is 12.4 Å². The SMILES string of the molecule is CNc1cc(-n2cc(C(N)=O)cn2)ncn1. The first kappa shape index (κ1) is 10.1. The fraction of sp³-hybridized carbons (Fsp3) is 0.111. The van der Waals surface area contributed by atoms with Crippen LogP contribution in [-0.4, -0.2) is 32.7 Å². The van der Waals surface area contributed by atoms with E-state index in [2.05, 4.69) is 20.4 Å². The number of nitrogens with zero attached hydrogens (tertiary/aromatic N) is 4. The summed E-state index contributed by atoms with van der Waals surface area (Å²) in [5.74, 6) is 0.710. The van der Waals surface area contributed by atoms with Crippen molar-refractivity contribution in [1.82, 2.24) is 19.7 Å². The zero-order valence-corrected chi connectivity index (χ0v) is 8.58. The second-order valence-electron chi connectivity index (χ2n) is 3.05. The van der Waals surface area contributed by atoms with Crippen LogP contribution in [0.4, 0.5) is 5.82 Å². The summed E-state index contributed by atoms with van der Waals surface area (Å²) >= 11 is 0. The molecule has 0 atom stereocenters. The van der Waals surface area contributed by atoms with E-state index in [0.717, 1.165) is 0 Å². The molecular weight excluding hydrogens is 208 g/mol. The Morgan fingerprint density at radius 3 is 2.94 bits per heavy atom. The van der Waals surface area contributed by atoms with Crippen LogP contribution in [0.5, 0.6) is 0 Å². The predicted molar refractivity (Wildman–Crippen MR) is 57.2 cm³/mol. The summed E-state index contributed by atoms with van der Waals surface area (Å²) < 4.78 is 1.46. The van der Waals surface area contributed by atoms with Crippen molar-refractivity contribution < 1.29 is 4.79 Å². The van der Waals surface area contributed by atoms with Crippen molar-refractivity contribution in [2.24, 2.45) is 5.73 Å². The largest absolute Gasteiger partial charge is 0.373 e. The van der Waals surface area contributed by atoms with Crippen LogP contribution in [0.2, 0.25) is 0 Å². The van der Waals surface area contributed by atoms with Gasteiger partial charge in [0.15, 0.2) is 5.82 Å². The van der Waals surface area contributed by atoms with E-state index in [1.165, 1.54) is 23.4 Å². The van der Waals surface area contributed by atoms with Gasteiger partial charge in [0.25, 0.3) is 5.91 Å². The van der Waals surface area contributed by atoms with Gasteiger partial charge < -0.3 is 11.1 Å². The van der Waals surface area contributed by atoms with Crippen molar-refractivity contribution >= 4 is 11.7 Å². The molecule has 0 aliphatic rings. The molecule has 0 radical (unpaired) electrons. The van der Waals surface area contributed by atoms with Crippen molar-refractivity contribution in [2.45, 2.75) is 0 Å². The Bertz CT molecular complexity index is 520. The van der Waals surface area contributed by atoms with E-state index < -0.39 is 5.91 Å². The number of carbonyl (C=O) groups is 1. The first-order valence-corrected chi connectivity index (χ1v) is 4.55. The van der Waals surface area contributed by atoms with Crippen LogP contribution in [0.25, 0.3) is 5.82 Å². The summed E-state index contributed by atoms with van der Waals surface area (Å²) in [6.07, 6.45) is 4.32. The molecule has 2 aromatic heterocycles. The van der Waals surface area contributed by atoms with Crippen molar-refractivity contribution in [1.29, 1.82) is 0 Å². The molecule has 82 valence electrons. The smallest absolute Gasteiger partial charge is 0.251 e. The van der Waals surface area contributed by atoms with E-state index in [1.807, 2.05) is 0 Å². The highest BCUT2D eigenvalue weighted by Gasteiger charge is 2.06. The van der Waals surface area contributed by atoms with E-state index in [0.29, 0.717) is 17.2 Å². The minimum Gasteiger partial charge on any atom is -0.373 e. The number of rotatable bonds is 3. The van der Waals surface area contributed by atoms with E-state index in [4.69, 9.17) is 5.73 Å². The van der Waals surface area contributed by atoms with Gasteiger partial charge in [-0.25, -0.2) is 14.6 Å². The Morgan fingerprint density at radius 1 is 1.50 bits per heavy atom. The molecule has 2 heterocycles. The molecule has 0 aliphatic heterocycles. The lowest BCUT2D eigenvalue weighted by molar-refractivity contribution is 0.100. The molecule has 0 saturated heterocycles. The number of hydrogen-bond donors (Lipinski definition) is 2. The summed E-state index contributed by atoms with van der Waals surface area (Å²) in [7, 11) is 1.75. The quantitative estimate of drug-likeness (QED) is 0.743. The summed E-state index contributed by atoms with van der Waals surface area (Å²) in [5.41, 5.74) is 5.46. The fourth-order valence-electron chi connectivity index (χ4n) is 1.18. The van der Waals surface area contributed by atoms with Gasteiger partial charge in [0, 0.05) is 19.3 Å². The number of nitrogens with two attached hydrogens (primary N) is 1. The third kappa shape index (κ3) is 1.83. The zero-order valence-electron chi connectivity index (χ0n) is 8.58. The highest BCUT2D eigenvalue weighted by Crippen LogP contribution is 2.08. The Hall–Kier alpha value is -2.44. The molecule has 0 saturated carbocycles. The van der Waals surface area contributed by atoms with Gasteiger partial charge >= 0.3 is 0 Å². The average Bonchev–Trinajstić information content (AvgIpc) is 2.78. The van der Waals surface area contributed by atoms with Crippen LogP contribution < -0.4 is 11.1 Å². The Morgan fingerprint density at radius 2 is 2.31 bits per heavy atom. The van der Waals surface area contributed by atoms with Gasteiger partial charge in [0.2, 0.25) is 0 Å². The highest BCUT2D eigenvalue weighted by atomic mass is 16.1. The number of anilines is 1. The zero-order chi connectivity index (χ0) is 11.5. The molecule has 7 nitrogen and oxygen atoms in total. The number of hydrogen-bond acceptors (Lipinski definition) is 5. The lowest BCUT2D eigenvalue weighted by Crippen LogP contribution is -2.09. The molecule has 3 N–H and O–H groups in total. The fourth-order valence-corrected chi connectivity index (χ4v) is 1.18. The molecule has 7 heteroatoms. The number of carbonyl (C=O) groups excluding carboxylic acids is 1. The van der Waals surface area contributed by atoms with Crippen molar-refractivity contribution in [3.63, 3.8) is 0 Å². The molecule has 1 amide bonds. The first-order valence-electron chi connectivity index (χ1n) is 4.55. The van der Waals surface area contributed by atoms with Crippen molar-refractivity contribution in [3.8, 4) is 5.82 Å². The number of primary amides is 1. The molecule has 0 aliphatic carbocycles. The molecule has 2 aromatic rings. The van der Waals surface area contributed by atoms with E-state index in [1.54, 1.807) is 13.1 Å². The van der Waals surface area contributed by atoms with Crippen LogP contribution in [0, 0.1) is 0 Å². The molecule has 0 aromatic carbocycles. The van der Waals surface area contributed by atoms with Gasteiger partial charge in [-0.1, -0.05) is 0 Å². The lowest BCUT2D eigenvalue weighted by atomic mass is 10.3. The normalized spacial score (nSPS) is 10.1. The third-order valence-corrected chi connectivity index (χ3v) is 2.01. The first-order chi connectivity index (χ1) is 7.70. The van der Waals surface area contributed by atoms with Crippen LogP contribution in [0.3, 0.4) is 0 Å². The number of nitrogens with one attached hydrogen (secondary N) is 1. The molecule has 2 rings (SSSR count). The molecule has 16 heavy (non-hydrogen) atoms. The van der Waals surface area contributed by atoms with Gasteiger partial charge in [-0.2, -0.15) is 5.10 Å². The maximum atomic E-state index is 10.9. The molecule has 0 fully saturated rings. The Kier molecular flexibility index (Phi) is 2.50. The van der Waals surface area contributed by atoms with E-state index in [9.17, 15) is 4.79 Å².